The molecule has 1 heterocycles. The van der Waals surface area contributed by atoms with Crippen LogP contribution in [0, 0.1) is 0 Å². The van der Waals surface area contributed by atoms with Crippen molar-refractivity contribution in [3.05, 3.63) is 22.1 Å². The number of allylic oxidation sites excluding steroid dienone is 2. The van der Waals surface area contributed by atoms with Gasteiger partial charge in [0.05, 0.1) is 0 Å². The predicted octanol–water partition coefficient (Wildman–Crippen LogP) is 0.277. The molecule has 0 aromatic rings. The molecule has 0 amide bonds. The van der Waals surface area contributed by atoms with Gasteiger partial charge in [-0.15, -0.1) is 0 Å². The van der Waals surface area contributed by atoms with Crippen molar-refractivity contribution < 1.29 is 5.11 Å². The van der Waals surface area contributed by atoms with Crippen molar-refractivity contribution in [3.63, 3.8) is 0 Å². The molecule has 0 bridgehead atoms. The van der Waals surface area contributed by atoms with E-state index in [1.165, 1.54) is 0 Å². The third-order valence-corrected chi connectivity index (χ3v) is 3.46. The maximum atomic E-state index is 8.77. The van der Waals surface area contributed by atoms with Gasteiger partial charge in [-0.05, 0) is 0 Å². The van der Waals surface area contributed by atoms with Gasteiger partial charge in [0.25, 0.3) is 0 Å². The van der Waals surface area contributed by atoms with E-state index in [1.807, 2.05) is 12.2 Å². The van der Waals surface area contributed by atoms with Crippen molar-refractivity contribution in [1.29, 1.82) is 0 Å². The molecule has 0 atom stereocenters. The summed E-state index contributed by atoms with van der Waals surface area (Å²) in [6, 6.07) is 0. The predicted molar refractivity (Wildman–Crippen MR) is 31.0 cm³/mol. The summed E-state index contributed by atoms with van der Waals surface area (Å²) in [4.78, 5) is 0. The summed E-state index contributed by atoms with van der Waals surface area (Å²) in [7, 11) is 0. The molecule has 1 aliphatic rings. The van der Waals surface area contributed by atoms with Crippen LogP contribution in [-0.2, 0) is 0 Å². The van der Waals surface area contributed by atoms with E-state index in [0.717, 1.165) is 0 Å². The molecule has 0 radical (unpaired) electrons. The number of aliphatic hydroxyl groups excluding tert-OH is 1. The van der Waals surface area contributed by atoms with E-state index in [0.29, 0.717) is 3.44 Å². The van der Waals surface area contributed by atoms with Crippen LogP contribution in [0.4, 0.5) is 0 Å². The Hall–Kier alpha value is 0.0201. The van der Waals surface area contributed by atoms with Gasteiger partial charge in [-0.3, -0.25) is 0 Å². The van der Waals surface area contributed by atoms with Crippen LogP contribution < -0.4 is 0 Å². The number of rotatable bonds is 0. The number of hydrogen-bond acceptors (Lipinski definition) is 1. The third kappa shape index (κ3) is 1.51. The van der Waals surface area contributed by atoms with Gasteiger partial charge in [0.2, 0.25) is 0 Å². The topological polar surface area (TPSA) is 20.2 Å². The molecule has 0 saturated carbocycles. The van der Waals surface area contributed by atoms with E-state index < -0.39 is 22.4 Å². The standard InChI is InChI=1S/C5H5O.In/c1-2-3-4-5-6;/h1-4,6H;. The van der Waals surface area contributed by atoms with Crippen LogP contribution in [0.3, 0.4) is 0 Å². The van der Waals surface area contributed by atoms with E-state index in [4.69, 9.17) is 5.11 Å². The summed E-state index contributed by atoms with van der Waals surface area (Å²) in [5, 5.41) is 8.77. The van der Waals surface area contributed by atoms with Gasteiger partial charge in [0.15, 0.2) is 0 Å². The van der Waals surface area contributed by atoms with E-state index in [2.05, 4.69) is 3.83 Å². The second kappa shape index (κ2) is 2.36. The van der Waals surface area contributed by atoms with E-state index >= 15 is 0 Å². The number of aliphatic hydroxyl groups is 1. The van der Waals surface area contributed by atoms with Crippen LogP contribution in [0.15, 0.2) is 22.1 Å². The van der Waals surface area contributed by atoms with Gasteiger partial charge in [0.1, 0.15) is 0 Å². The Labute approximate surface area is 53.2 Å². The second-order valence-electron chi connectivity index (χ2n) is 1.34. The fourth-order valence-electron chi connectivity index (χ4n) is 0.428. The van der Waals surface area contributed by atoms with Crippen molar-refractivity contribution >= 4 is 25.9 Å². The SMILES string of the molecule is O[C]1=[In][CH]=CC=C1. The molecular weight excluding hydrogens is 191 g/mol. The van der Waals surface area contributed by atoms with Crippen molar-refractivity contribution in [2.24, 2.45) is 0 Å². The fraction of sp³-hybridized carbons (Fsp3) is 0. The van der Waals surface area contributed by atoms with Crippen molar-refractivity contribution in [1.82, 2.24) is 0 Å². The molecule has 1 rings (SSSR count). The van der Waals surface area contributed by atoms with E-state index in [1.54, 1.807) is 6.08 Å². The fourth-order valence-corrected chi connectivity index (χ4v) is 2.31. The Morgan fingerprint density at radius 2 is 2.29 bits per heavy atom. The van der Waals surface area contributed by atoms with Crippen LogP contribution in [-0.4, -0.2) is 31.0 Å². The quantitative estimate of drug-likeness (QED) is 0.589. The van der Waals surface area contributed by atoms with Gasteiger partial charge in [0, 0.05) is 0 Å². The van der Waals surface area contributed by atoms with Crippen molar-refractivity contribution in [2.75, 3.05) is 0 Å². The first-order valence-corrected chi connectivity index (χ1v) is 5.68. The zero-order valence-electron chi connectivity index (χ0n) is 3.83. The van der Waals surface area contributed by atoms with Gasteiger partial charge >= 0.3 is 53.0 Å². The molecule has 1 N–H and O–H groups in total. The van der Waals surface area contributed by atoms with Crippen molar-refractivity contribution in [3.8, 4) is 0 Å². The molecule has 2 heteroatoms. The summed E-state index contributed by atoms with van der Waals surface area (Å²) in [6.45, 7) is 0. The third-order valence-electron chi connectivity index (χ3n) is 0.756. The summed E-state index contributed by atoms with van der Waals surface area (Å²) in [5.74, 6) is 0. The first-order chi connectivity index (χ1) is 3.39. The Bertz CT molecular complexity index is 144. The number of hydrogen-bond donors (Lipinski definition) is 1. The Balaban J connectivity index is 2.82. The van der Waals surface area contributed by atoms with Gasteiger partial charge < -0.3 is 0 Å². The first kappa shape index (κ1) is 5.16. The first-order valence-electron chi connectivity index (χ1n) is 2.13. The van der Waals surface area contributed by atoms with E-state index in [9.17, 15) is 0 Å². The molecule has 0 fully saturated rings. The van der Waals surface area contributed by atoms with Crippen molar-refractivity contribution in [2.45, 2.75) is 0 Å². The van der Waals surface area contributed by atoms with E-state index in [-0.39, 0.29) is 0 Å². The minimum absolute atomic E-state index is 0.637. The average molecular weight is 196 g/mol. The van der Waals surface area contributed by atoms with Gasteiger partial charge in [-0.25, -0.2) is 0 Å². The molecular formula is C5H5InO. The van der Waals surface area contributed by atoms with Crippen LogP contribution >= 0.6 is 0 Å². The van der Waals surface area contributed by atoms with Crippen LogP contribution in [0.5, 0.6) is 0 Å². The Morgan fingerprint density at radius 3 is 2.57 bits per heavy atom. The summed E-state index contributed by atoms with van der Waals surface area (Å²) >= 11 is -0.750. The normalized spacial score (nSPS) is 15.7. The summed E-state index contributed by atoms with van der Waals surface area (Å²) < 4.78 is 2.74. The van der Waals surface area contributed by atoms with Crippen LogP contribution in [0.1, 0.15) is 0 Å². The minimum atomic E-state index is -0.750. The average Bonchev–Trinajstić information content (AvgIpc) is 1.69. The molecule has 0 aromatic carbocycles. The Morgan fingerprint density at radius 1 is 1.43 bits per heavy atom. The summed E-state index contributed by atoms with van der Waals surface area (Å²) in [6.07, 6.45) is 5.65. The van der Waals surface area contributed by atoms with Gasteiger partial charge in [-0.2, -0.15) is 0 Å². The maximum absolute atomic E-state index is 8.77. The molecule has 0 aromatic heterocycles. The molecule has 1 aliphatic heterocycles. The molecule has 1 nitrogen and oxygen atoms in total. The zero-order valence-corrected chi connectivity index (χ0v) is 7.13. The Kier molecular flexibility index (Phi) is 1.74. The molecule has 0 aliphatic carbocycles. The monoisotopic (exact) mass is 196 g/mol. The van der Waals surface area contributed by atoms with Crippen LogP contribution in [0.25, 0.3) is 0 Å². The summed E-state index contributed by atoms with van der Waals surface area (Å²) in [5.41, 5.74) is 0. The zero-order chi connectivity index (χ0) is 5.11. The van der Waals surface area contributed by atoms with Gasteiger partial charge in [-0.1, -0.05) is 0 Å². The van der Waals surface area contributed by atoms with Crippen LogP contribution in [0.2, 0.25) is 0 Å². The molecule has 0 unspecified atom stereocenters. The molecule has 34 valence electrons. The molecule has 0 spiro atoms. The molecule has 0 saturated heterocycles. The second-order valence-corrected chi connectivity index (χ2v) is 5.07. The molecule has 7 heavy (non-hydrogen) atoms.